The Bertz CT molecular complexity index is 1880. The number of hydrogen-bond acceptors (Lipinski definition) is 9. The minimum absolute atomic E-state index is 0.00743. The van der Waals surface area contributed by atoms with Crippen molar-refractivity contribution in [1.82, 2.24) is 14.5 Å². The number of aryl methyl sites for hydroxylation is 2. The van der Waals surface area contributed by atoms with Gasteiger partial charge in [-0.2, -0.15) is 0 Å². The molecule has 4 N–H and O–H groups in total. The molecule has 2 aromatic heterocycles. The number of primary amides is 1. The van der Waals surface area contributed by atoms with Gasteiger partial charge in [-0.05, 0) is 68.9 Å². The first kappa shape index (κ1) is 39.6. The van der Waals surface area contributed by atoms with Crippen molar-refractivity contribution in [1.29, 1.82) is 0 Å². The molecule has 0 saturated carbocycles. The van der Waals surface area contributed by atoms with Crippen LogP contribution in [0.15, 0.2) is 46.3 Å². The Morgan fingerprint density at radius 2 is 1.90 bits per heavy atom. The zero-order valence-corrected chi connectivity index (χ0v) is 29.4. The molecule has 1 aromatic carbocycles. The van der Waals surface area contributed by atoms with Crippen molar-refractivity contribution in [2.24, 2.45) is 10.7 Å². The van der Waals surface area contributed by atoms with Gasteiger partial charge in [0.1, 0.15) is 11.9 Å². The van der Waals surface area contributed by atoms with E-state index in [2.05, 4.69) is 4.99 Å². The van der Waals surface area contributed by atoms with Crippen molar-refractivity contribution in [2.75, 3.05) is 20.2 Å². The van der Waals surface area contributed by atoms with Crippen LogP contribution in [0.25, 0.3) is 22.3 Å². The molecule has 12 nitrogen and oxygen atoms in total. The minimum Gasteiger partial charge on any atom is -0.392 e. The molecule has 13 heteroatoms. The third kappa shape index (κ3) is 8.84. The predicted octanol–water partition coefficient (Wildman–Crippen LogP) is 3.61. The molecule has 0 spiro atoms. The maximum Gasteiger partial charge on any atom is 0.257 e. The summed E-state index contributed by atoms with van der Waals surface area (Å²) in [7, 11) is 1.46. The predicted molar refractivity (Wildman–Crippen MR) is 190 cm³/mol. The molecule has 2 unspecified atom stereocenters. The maximum absolute atomic E-state index is 14.5. The van der Waals surface area contributed by atoms with Gasteiger partial charge in [0.25, 0.3) is 5.56 Å². The van der Waals surface area contributed by atoms with Crippen molar-refractivity contribution in [3.05, 3.63) is 86.1 Å². The van der Waals surface area contributed by atoms with Gasteiger partial charge in [-0.3, -0.25) is 19.4 Å². The van der Waals surface area contributed by atoms with Crippen molar-refractivity contribution in [3.63, 3.8) is 0 Å². The number of methoxy groups -OCH3 is 1. The Hall–Kier alpha value is -4.85. The number of nitrogens with zero attached hydrogens (tertiary/aromatic N) is 4. The zero-order chi connectivity index (χ0) is 37.1. The average molecular weight is 692 g/mol. The fraction of sp³-hybridized carbons (Fsp3) is 0.405. The summed E-state index contributed by atoms with van der Waals surface area (Å²) in [4.78, 5) is 56.7. The summed E-state index contributed by atoms with van der Waals surface area (Å²) in [5.41, 5.74) is 10.7. The lowest BCUT2D eigenvalue weighted by Gasteiger charge is -2.21. The Kier molecular flexibility index (Phi) is 14.4. The number of aromatic nitrogens is 2. The molecule has 3 heterocycles. The Balaban J connectivity index is 0.000000293. The highest BCUT2D eigenvalue weighted by molar-refractivity contribution is 5.94. The molecule has 0 fully saturated rings. The number of ether oxygens (including phenoxy) is 1. The van der Waals surface area contributed by atoms with Gasteiger partial charge in [-0.25, -0.2) is 9.37 Å². The van der Waals surface area contributed by atoms with Crippen LogP contribution in [0.3, 0.4) is 0 Å². The summed E-state index contributed by atoms with van der Waals surface area (Å²) in [6, 6.07) is 3.10. The number of aliphatic imine (C=N–C) groups is 1. The third-order valence-electron chi connectivity index (χ3n) is 8.19. The Labute approximate surface area is 290 Å². The number of rotatable bonds is 11. The number of allylic oxidation sites excluding steroid dienone is 2. The van der Waals surface area contributed by atoms with Gasteiger partial charge >= 0.3 is 0 Å². The number of nitrogens with two attached hydrogens (primary N) is 1. The number of pyridine rings is 2. The van der Waals surface area contributed by atoms with Gasteiger partial charge < -0.3 is 34.9 Å². The standard InChI is InChI=1S/C23H21FN2O4.C12H19N3O3.C2H6/c1-11-12-4-3-5-13-15-8-26-19(22(15)25-18(21(12)13)7-17(11)24)6-14(20(28)9-27)16(10-30-2)23(26)29;1-3-6-14-7-4-5-12(18)15(8-10(2)16)9-11(13)17;1-2/h6-7,9,20,28H,3-5,8,10H2,1-2H3;3-7,10,16H,8-9H2,1-2H3,(H2,13,17);1-2H3/b;5-4+,6-3-,14-7-;. The first-order valence-corrected chi connectivity index (χ1v) is 16.5. The molecule has 2 amide bonds. The molecule has 0 saturated heterocycles. The molecule has 268 valence electrons. The van der Waals surface area contributed by atoms with Crippen molar-refractivity contribution < 1.29 is 33.7 Å². The molecule has 50 heavy (non-hydrogen) atoms. The second kappa shape index (κ2) is 18.2. The quantitative estimate of drug-likeness (QED) is 0.121. The first-order valence-electron chi connectivity index (χ1n) is 16.5. The van der Waals surface area contributed by atoms with E-state index in [9.17, 15) is 33.8 Å². The van der Waals surface area contributed by atoms with Gasteiger partial charge in [0.15, 0.2) is 6.29 Å². The van der Waals surface area contributed by atoms with Gasteiger partial charge in [-0.1, -0.05) is 19.9 Å². The molecule has 2 aliphatic rings. The van der Waals surface area contributed by atoms with E-state index in [0.29, 0.717) is 35.3 Å². The Morgan fingerprint density at radius 3 is 2.52 bits per heavy atom. The van der Waals surface area contributed by atoms with E-state index in [1.54, 1.807) is 29.8 Å². The van der Waals surface area contributed by atoms with Crippen LogP contribution in [0.1, 0.15) is 73.6 Å². The number of carbonyl (C=O) groups is 3. The lowest BCUT2D eigenvalue weighted by molar-refractivity contribution is -0.132. The van der Waals surface area contributed by atoms with Crippen LogP contribution < -0.4 is 11.3 Å². The maximum atomic E-state index is 14.5. The van der Waals surface area contributed by atoms with Crippen LogP contribution in [0.5, 0.6) is 0 Å². The van der Waals surface area contributed by atoms with Gasteiger partial charge in [-0.15, -0.1) is 0 Å². The fourth-order valence-electron chi connectivity index (χ4n) is 6.11. The summed E-state index contributed by atoms with van der Waals surface area (Å²) in [6.07, 6.45) is 8.30. The second-order valence-corrected chi connectivity index (χ2v) is 11.7. The number of aliphatic hydroxyl groups is 2. The summed E-state index contributed by atoms with van der Waals surface area (Å²) in [6.45, 7) is 9.34. The largest absolute Gasteiger partial charge is 0.392 e. The van der Waals surface area contributed by atoms with Crippen LogP contribution in [-0.2, 0) is 45.1 Å². The number of aldehydes is 1. The smallest absolute Gasteiger partial charge is 0.257 e. The van der Waals surface area contributed by atoms with E-state index in [0.717, 1.165) is 41.3 Å². The molecular formula is C37H46FN5O7. The topological polar surface area (TPSA) is 177 Å². The molecule has 0 radical (unpaired) electrons. The third-order valence-corrected chi connectivity index (χ3v) is 8.19. The number of fused-ring (bicyclic) bond motifs is 4. The number of halogens is 1. The van der Waals surface area contributed by atoms with Crippen molar-refractivity contribution in [3.8, 4) is 11.4 Å². The summed E-state index contributed by atoms with van der Waals surface area (Å²) in [5, 5.41) is 20.4. The van der Waals surface area contributed by atoms with E-state index >= 15 is 0 Å². The minimum atomic E-state index is -1.43. The first-order chi connectivity index (χ1) is 23.9. The molecule has 2 atom stereocenters. The molecule has 1 aliphatic carbocycles. The summed E-state index contributed by atoms with van der Waals surface area (Å²) >= 11 is 0. The van der Waals surface area contributed by atoms with Crippen LogP contribution in [0.2, 0.25) is 0 Å². The van der Waals surface area contributed by atoms with Crippen molar-refractivity contribution in [2.45, 2.75) is 79.2 Å². The molecule has 1 aliphatic heterocycles. The van der Waals surface area contributed by atoms with Crippen LogP contribution in [0, 0.1) is 12.7 Å². The highest BCUT2D eigenvalue weighted by Crippen LogP contribution is 2.41. The van der Waals surface area contributed by atoms with E-state index in [4.69, 9.17) is 15.5 Å². The number of carbonyl (C=O) groups excluding carboxylic acids is 3. The van der Waals surface area contributed by atoms with E-state index in [1.807, 2.05) is 20.8 Å². The lowest BCUT2D eigenvalue weighted by atomic mass is 9.85. The zero-order valence-electron chi connectivity index (χ0n) is 29.4. The highest BCUT2D eigenvalue weighted by Gasteiger charge is 2.31. The molecular weight excluding hydrogens is 645 g/mol. The number of amides is 2. The Morgan fingerprint density at radius 1 is 1.20 bits per heavy atom. The SMILES string of the molecule is CC.COCc1c(C(O)C=O)cc2n(c1=O)Cc1c-2nc2cc(F)c(C)c3c2c1CCC3.C\C=C/N=C\C=C\C(=O)N(CC(N)=O)CC(C)O. The normalized spacial score (nSPS) is 14.1. The molecule has 3 aromatic rings. The highest BCUT2D eigenvalue weighted by atomic mass is 19.1. The molecule has 5 rings (SSSR count). The summed E-state index contributed by atoms with van der Waals surface area (Å²) in [5.74, 6) is -1.30. The fourth-order valence-corrected chi connectivity index (χ4v) is 6.11. The van der Waals surface area contributed by atoms with E-state index in [-0.39, 0.29) is 42.2 Å². The monoisotopic (exact) mass is 691 g/mol. The number of hydrogen-bond donors (Lipinski definition) is 3. The van der Waals surface area contributed by atoms with Gasteiger partial charge in [0, 0.05) is 60.3 Å². The van der Waals surface area contributed by atoms with E-state index in [1.165, 1.54) is 43.4 Å². The summed E-state index contributed by atoms with van der Waals surface area (Å²) < 4.78 is 21.3. The second-order valence-electron chi connectivity index (χ2n) is 11.7. The van der Waals surface area contributed by atoms with E-state index < -0.39 is 24.0 Å². The average Bonchev–Trinajstić information content (AvgIpc) is 3.47. The van der Waals surface area contributed by atoms with Gasteiger partial charge in [0.05, 0.1) is 42.7 Å². The number of benzene rings is 1. The van der Waals surface area contributed by atoms with Crippen molar-refractivity contribution >= 4 is 35.2 Å². The van der Waals surface area contributed by atoms with Crippen LogP contribution in [-0.4, -0.2) is 75.3 Å². The number of aliphatic hydroxyl groups excluding tert-OH is 2. The lowest BCUT2D eigenvalue weighted by Crippen LogP contribution is -2.41. The molecule has 0 bridgehead atoms. The van der Waals surface area contributed by atoms with Gasteiger partial charge in [0.2, 0.25) is 11.8 Å². The van der Waals surface area contributed by atoms with Crippen LogP contribution >= 0.6 is 0 Å². The van der Waals surface area contributed by atoms with Crippen LogP contribution in [0.4, 0.5) is 4.39 Å².